The molecule has 3 atom stereocenters. The Kier molecular flexibility index (Phi) is 6.24. The molecule has 1 aromatic carbocycles. The zero-order valence-electron chi connectivity index (χ0n) is 17.9. The number of nitrogens with zero attached hydrogens (tertiary/aromatic N) is 5. The number of aliphatic hydroxyl groups excluding tert-OH is 1. The molecule has 4 rings (SSSR count). The summed E-state index contributed by atoms with van der Waals surface area (Å²) in [6, 6.07) is 5.39. The minimum atomic E-state index is -4.78. The quantitative estimate of drug-likeness (QED) is 0.518. The molecule has 1 saturated heterocycles. The van der Waals surface area contributed by atoms with Gasteiger partial charge in [-0.3, -0.25) is 4.90 Å². The number of hydrogen-bond acceptors (Lipinski definition) is 10. The molecule has 14 heteroatoms. The van der Waals surface area contributed by atoms with Crippen LogP contribution in [0.5, 0.6) is 5.75 Å². The number of amides is 1. The fourth-order valence-electron chi connectivity index (χ4n) is 3.20. The molecule has 1 amide bonds. The lowest BCUT2D eigenvalue weighted by atomic mass is 10.2. The Hall–Kier alpha value is -3.94. The number of nitrogens with one attached hydrogen (secondary N) is 1. The van der Waals surface area contributed by atoms with E-state index < -0.39 is 30.6 Å². The first-order chi connectivity index (χ1) is 16.1. The molecule has 2 aromatic heterocycles. The zero-order chi connectivity index (χ0) is 24.5. The average Bonchev–Trinajstić information content (AvgIpc) is 3.41. The van der Waals surface area contributed by atoms with Crippen LogP contribution in [0.15, 0.2) is 41.1 Å². The molecule has 1 aliphatic heterocycles. The molecule has 0 aliphatic carbocycles. The molecule has 0 spiro atoms. The van der Waals surface area contributed by atoms with Gasteiger partial charge in [-0.1, -0.05) is 5.16 Å². The lowest BCUT2D eigenvalue weighted by Gasteiger charge is -2.22. The van der Waals surface area contributed by atoms with Crippen LogP contribution in [0, 0.1) is 0 Å². The molecule has 34 heavy (non-hydrogen) atoms. The van der Waals surface area contributed by atoms with Crippen molar-refractivity contribution in [3.05, 3.63) is 42.4 Å². The van der Waals surface area contributed by atoms with E-state index in [0.29, 0.717) is 5.56 Å². The Morgan fingerprint density at radius 3 is 2.62 bits per heavy atom. The first-order valence-corrected chi connectivity index (χ1v) is 10.0. The minimum Gasteiger partial charge on any atom is -0.447 e. The summed E-state index contributed by atoms with van der Waals surface area (Å²) in [6.07, 6.45) is -4.81. The number of benzene rings is 1. The van der Waals surface area contributed by atoms with Gasteiger partial charge in [0.2, 0.25) is 17.7 Å². The van der Waals surface area contributed by atoms with Gasteiger partial charge in [-0.25, -0.2) is 9.78 Å². The Bertz CT molecular complexity index is 1150. The first kappa shape index (κ1) is 23.2. The maximum atomic E-state index is 12.3. The van der Waals surface area contributed by atoms with Gasteiger partial charge in [0.05, 0.1) is 6.10 Å². The van der Waals surface area contributed by atoms with Gasteiger partial charge in [0.15, 0.2) is 0 Å². The van der Waals surface area contributed by atoms with Crippen LogP contribution < -0.4 is 15.0 Å². The molecule has 180 valence electrons. The summed E-state index contributed by atoms with van der Waals surface area (Å²) in [4.78, 5) is 26.0. The smallest absolute Gasteiger partial charge is 0.447 e. The normalized spacial score (nSPS) is 17.9. The zero-order valence-corrected chi connectivity index (χ0v) is 17.9. The number of aliphatic hydroxyl groups is 1. The molecule has 11 nitrogen and oxygen atoms in total. The second kappa shape index (κ2) is 9.13. The molecule has 3 aromatic rings. The molecular weight excluding hydrogens is 461 g/mol. The number of anilines is 2. The number of cyclic esters (lactones) is 1. The number of ether oxygens (including phenoxy) is 2. The van der Waals surface area contributed by atoms with Crippen molar-refractivity contribution in [1.29, 1.82) is 0 Å². The Morgan fingerprint density at radius 1 is 1.21 bits per heavy atom. The standard InChI is InChI=1S/C20H19F3N6O5/c1-10(17-27-16(28-34-17)12-3-5-13(6-4-12)33-20(21,22)23)25-18-24-8-7-15(26-18)29-14(11(2)30)9-32-19(29)31/h3-8,10-11,14,30H,9H2,1-2H3,(H,24,25,26)/t10-,11+,14+/m0/s1. The summed E-state index contributed by atoms with van der Waals surface area (Å²) in [6.45, 7) is 3.29. The summed E-state index contributed by atoms with van der Waals surface area (Å²) in [7, 11) is 0. The number of carbonyl (C=O) groups excluding carboxylic acids is 1. The van der Waals surface area contributed by atoms with Crippen molar-refractivity contribution in [2.75, 3.05) is 16.8 Å². The second-order valence-electron chi connectivity index (χ2n) is 7.39. The van der Waals surface area contributed by atoms with Crippen LogP contribution in [-0.2, 0) is 4.74 Å². The van der Waals surface area contributed by atoms with E-state index in [0.717, 1.165) is 12.1 Å². The van der Waals surface area contributed by atoms with Crippen LogP contribution in [0.2, 0.25) is 0 Å². The molecule has 0 unspecified atom stereocenters. The van der Waals surface area contributed by atoms with Gasteiger partial charge in [0.1, 0.15) is 30.3 Å². The third-order valence-corrected chi connectivity index (χ3v) is 4.85. The molecule has 2 N–H and O–H groups in total. The van der Waals surface area contributed by atoms with Gasteiger partial charge in [-0.15, -0.1) is 13.2 Å². The highest BCUT2D eigenvalue weighted by molar-refractivity contribution is 5.89. The predicted molar refractivity (Wildman–Crippen MR) is 110 cm³/mol. The van der Waals surface area contributed by atoms with Crippen LogP contribution in [-0.4, -0.2) is 56.4 Å². The SMILES string of the molecule is C[C@H](Nc1nccc(N2C(=O)OC[C@@H]2[C@@H](C)O)n1)c1nc(-c2ccc(OC(F)(F)F)cc2)no1. The molecular formula is C20H19F3N6O5. The Balaban J connectivity index is 1.46. The number of aromatic nitrogens is 4. The lowest BCUT2D eigenvalue weighted by molar-refractivity contribution is -0.274. The van der Waals surface area contributed by atoms with Crippen LogP contribution in [0.25, 0.3) is 11.4 Å². The van der Waals surface area contributed by atoms with Crippen molar-refractivity contribution in [3.8, 4) is 17.1 Å². The van der Waals surface area contributed by atoms with E-state index in [1.807, 2.05) is 0 Å². The molecule has 3 heterocycles. The number of hydrogen-bond donors (Lipinski definition) is 2. The van der Waals surface area contributed by atoms with E-state index in [-0.39, 0.29) is 35.8 Å². The van der Waals surface area contributed by atoms with Crippen molar-refractivity contribution in [3.63, 3.8) is 0 Å². The number of halogens is 3. The summed E-state index contributed by atoms with van der Waals surface area (Å²) >= 11 is 0. The van der Waals surface area contributed by atoms with E-state index in [1.54, 1.807) is 13.8 Å². The Morgan fingerprint density at radius 2 is 1.94 bits per heavy atom. The fraction of sp³-hybridized carbons (Fsp3) is 0.350. The highest BCUT2D eigenvalue weighted by atomic mass is 19.4. The summed E-state index contributed by atoms with van der Waals surface area (Å²) < 4.78 is 51.0. The maximum absolute atomic E-state index is 12.3. The molecule has 0 bridgehead atoms. The van der Waals surface area contributed by atoms with Gasteiger partial charge in [0, 0.05) is 11.8 Å². The van der Waals surface area contributed by atoms with E-state index in [2.05, 4.69) is 30.2 Å². The van der Waals surface area contributed by atoms with Gasteiger partial charge in [-0.2, -0.15) is 9.97 Å². The molecule has 1 aliphatic rings. The van der Waals surface area contributed by atoms with Gasteiger partial charge in [0.25, 0.3) is 0 Å². The Labute approximate surface area is 190 Å². The third-order valence-electron chi connectivity index (χ3n) is 4.85. The van der Waals surface area contributed by atoms with Crippen molar-refractivity contribution >= 4 is 17.9 Å². The van der Waals surface area contributed by atoms with Crippen molar-refractivity contribution in [2.45, 2.75) is 38.4 Å². The lowest BCUT2D eigenvalue weighted by Crippen LogP contribution is -2.41. The van der Waals surface area contributed by atoms with Gasteiger partial charge < -0.3 is 24.4 Å². The van der Waals surface area contributed by atoms with Crippen LogP contribution >= 0.6 is 0 Å². The molecule has 1 fully saturated rings. The number of carbonyl (C=O) groups is 1. The predicted octanol–water partition coefficient (Wildman–Crippen LogP) is 3.30. The van der Waals surface area contributed by atoms with E-state index in [4.69, 9.17) is 9.26 Å². The van der Waals surface area contributed by atoms with Crippen LogP contribution in [0.1, 0.15) is 25.8 Å². The van der Waals surface area contributed by atoms with E-state index in [1.165, 1.54) is 29.3 Å². The monoisotopic (exact) mass is 480 g/mol. The summed E-state index contributed by atoms with van der Waals surface area (Å²) in [5, 5.41) is 16.7. The summed E-state index contributed by atoms with van der Waals surface area (Å²) in [5.74, 6) is 0.359. The minimum absolute atomic E-state index is 0.0355. The third kappa shape index (κ3) is 5.17. The van der Waals surface area contributed by atoms with Crippen LogP contribution in [0.4, 0.5) is 29.7 Å². The highest BCUT2D eigenvalue weighted by Gasteiger charge is 2.38. The van der Waals surface area contributed by atoms with E-state index in [9.17, 15) is 23.1 Å². The second-order valence-corrected chi connectivity index (χ2v) is 7.39. The van der Waals surface area contributed by atoms with Crippen molar-refractivity contribution in [1.82, 2.24) is 20.1 Å². The topological polar surface area (TPSA) is 136 Å². The van der Waals surface area contributed by atoms with Crippen LogP contribution in [0.3, 0.4) is 0 Å². The number of rotatable bonds is 7. The van der Waals surface area contributed by atoms with Crippen molar-refractivity contribution in [2.24, 2.45) is 0 Å². The van der Waals surface area contributed by atoms with Gasteiger partial charge in [-0.05, 0) is 44.2 Å². The largest absolute Gasteiger partial charge is 0.573 e. The summed E-state index contributed by atoms with van der Waals surface area (Å²) in [5.41, 5.74) is 0.423. The first-order valence-electron chi connectivity index (χ1n) is 10.0. The fourth-order valence-corrected chi connectivity index (χ4v) is 3.20. The van der Waals surface area contributed by atoms with Crippen molar-refractivity contribution < 1.29 is 37.1 Å². The highest BCUT2D eigenvalue weighted by Crippen LogP contribution is 2.27. The van der Waals surface area contributed by atoms with E-state index >= 15 is 0 Å². The average molecular weight is 480 g/mol. The molecule has 0 radical (unpaired) electrons. The molecule has 0 saturated carbocycles. The van der Waals surface area contributed by atoms with Gasteiger partial charge >= 0.3 is 12.5 Å². The number of alkyl halides is 3. The maximum Gasteiger partial charge on any atom is 0.573 e.